The van der Waals surface area contributed by atoms with Gasteiger partial charge in [-0.3, -0.25) is 14.4 Å². The zero-order valence-electron chi connectivity index (χ0n) is 34.9. The lowest BCUT2D eigenvalue weighted by Crippen LogP contribution is -2.43. The maximum Gasteiger partial charge on any atom is 0.410 e. The molecule has 0 aliphatic carbocycles. The van der Waals surface area contributed by atoms with E-state index in [-0.39, 0.29) is 52.4 Å². The second kappa shape index (κ2) is 19.5. The number of anilines is 1. The third-order valence-electron chi connectivity index (χ3n) is 10.4. The number of amides is 1. The SMILES string of the molecule is CC(C)(C)OC(=O)N1CCC(C(=O)OCn2cc(C(=O)Cc3ccc(Oc4ccnc(NC(c5ccccc5)c5ccccc5)c4Cl)c(F)c3)c(=O)c(-c3ccc(F)cc3)c2)CC1. The summed E-state index contributed by atoms with van der Waals surface area (Å²) in [6, 6.07) is 29.9. The third-order valence-corrected chi connectivity index (χ3v) is 10.7. The fourth-order valence-electron chi connectivity index (χ4n) is 7.15. The smallest absolute Gasteiger partial charge is 0.410 e. The number of halogens is 3. The zero-order valence-corrected chi connectivity index (χ0v) is 35.6. The van der Waals surface area contributed by atoms with E-state index in [9.17, 15) is 23.6 Å². The normalized spacial score (nSPS) is 13.1. The number of benzene rings is 4. The molecular weight excluding hydrogens is 830 g/mol. The first kappa shape index (κ1) is 44.2. The minimum absolute atomic E-state index is 0.0689. The van der Waals surface area contributed by atoms with Crippen molar-refractivity contribution in [2.45, 2.75) is 58.4 Å². The van der Waals surface area contributed by atoms with Gasteiger partial charge in [0.05, 0.1) is 17.5 Å². The van der Waals surface area contributed by atoms with E-state index in [1.807, 2.05) is 60.7 Å². The van der Waals surface area contributed by atoms with Gasteiger partial charge in [0.1, 0.15) is 22.3 Å². The van der Waals surface area contributed by atoms with Crippen molar-refractivity contribution in [1.82, 2.24) is 14.5 Å². The Morgan fingerprint density at radius 2 is 1.51 bits per heavy atom. The Morgan fingerprint density at radius 3 is 2.13 bits per heavy atom. The first-order chi connectivity index (χ1) is 30.2. The van der Waals surface area contributed by atoms with Gasteiger partial charge in [-0.2, -0.15) is 0 Å². The van der Waals surface area contributed by atoms with Gasteiger partial charge in [0.25, 0.3) is 0 Å². The van der Waals surface area contributed by atoms with Gasteiger partial charge in [-0.1, -0.05) is 90.5 Å². The maximum absolute atomic E-state index is 15.7. The Morgan fingerprint density at radius 1 is 0.857 bits per heavy atom. The summed E-state index contributed by atoms with van der Waals surface area (Å²) in [6.07, 6.45) is 4.11. The summed E-state index contributed by atoms with van der Waals surface area (Å²) in [4.78, 5) is 59.3. The van der Waals surface area contributed by atoms with E-state index >= 15 is 4.39 Å². The summed E-state index contributed by atoms with van der Waals surface area (Å²) in [5.74, 6) is -2.62. The maximum atomic E-state index is 15.7. The molecule has 3 heterocycles. The highest BCUT2D eigenvalue weighted by atomic mass is 35.5. The van der Waals surface area contributed by atoms with E-state index in [1.165, 1.54) is 65.6 Å². The van der Waals surface area contributed by atoms with Gasteiger partial charge in [0.15, 0.2) is 35.3 Å². The molecule has 1 saturated heterocycles. The molecule has 324 valence electrons. The van der Waals surface area contributed by atoms with E-state index in [0.717, 1.165) is 17.2 Å². The molecule has 1 N–H and O–H groups in total. The molecule has 1 amide bonds. The van der Waals surface area contributed by atoms with Crippen molar-refractivity contribution in [2.75, 3.05) is 18.4 Å². The molecule has 1 aliphatic heterocycles. The number of esters is 1. The highest BCUT2D eigenvalue weighted by molar-refractivity contribution is 6.34. The van der Waals surface area contributed by atoms with Gasteiger partial charge >= 0.3 is 12.1 Å². The summed E-state index contributed by atoms with van der Waals surface area (Å²) in [7, 11) is 0. The molecule has 0 unspecified atom stereocenters. The average Bonchev–Trinajstić information content (AvgIpc) is 3.27. The number of Topliss-reactive ketones (excluding diaryl/α,β-unsaturated/α-hetero) is 1. The van der Waals surface area contributed by atoms with Gasteiger partial charge in [-0.05, 0) is 80.1 Å². The molecule has 7 rings (SSSR count). The lowest BCUT2D eigenvalue weighted by molar-refractivity contribution is -0.154. The fraction of sp³-hybridized carbons (Fsp3) is 0.245. The minimum Gasteiger partial charge on any atom is -0.453 e. The predicted molar refractivity (Wildman–Crippen MR) is 235 cm³/mol. The van der Waals surface area contributed by atoms with Crippen molar-refractivity contribution in [1.29, 1.82) is 0 Å². The van der Waals surface area contributed by atoms with Crippen LogP contribution in [0.3, 0.4) is 0 Å². The number of piperidine rings is 1. The summed E-state index contributed by atoms with van der Waals surface area (Å²) in [5.41, 5.74) is 1.07. The molecule has 63 heavy (non-hydrogen) atoms. The number of nitrogens with one attached hydrogen (secondary N) is 1. The molecule has 0 atom stereocenters. The number of hydrogen-bond donors (Lipinski definition) is 1. The van der Waals surface area contributed by atoms with Crippen LogP contribution in [0.1, 0.15) is 66.7 Å². The van der Waals surface area contributed by atoms with Gasteiger partial charge in [0.2, 0.25) is 0 Å². The molecule has 2 aromatic heterocycles. The van der Waals surface area contributed by atoms with Gasteiger partial charge in [-0.25, -0.2) is 18.6 Å². The van der Waals surface area contributed by atoms with Crippen LogP contribution in [0.15, 0.2) is 133 Å². The standard InChI is InChI=1S/C49H45ClF2N4O7/c1-49(2,3)63-48(60)56-24-21-35(22-25-56)47(59)61-30-55-28-37(32-15-17-36(51)18-16-32)45(58)38(29-55)40(57)27-31-14-19-41(39(52)26-31)62-42-20-23-53-46(43(42)50)54-44(33-10-6-4-7-11-33)34-12-8-5-9-13-34/h4-20,23,26,28-29,35,44H,21-22,24-25,27,30H2,1-3H3,(H,53,54). The Labute approximate surface area is 368 Å². The second-order valence-electron chi connectivity index (χ2n) is 16.1. The van der Waals surface area contributed by atoms with Crippen LogP contribution >= 0.6 is 11.6 Å². The quantitative estimate of drug-likeness (QED) is 0.0890. The summed E-state index contributed by atoms with van der Waals surface area (Å²) >= 11 is 6.79. The van der Waals surface area contributed by atoms with Gasteiger partial charge in [0, 0.05) is 49.7 Å². The number of likely N-dealkylation sites (tertiary alicyclic amines) is 1. The molecule has 1 fully saturated rings. The topological polar surface area (TPSA) is 129 Å². The van der Waals surface area contributed by atoms with Gasteiger partial charge in [-0.15, -0.1) is 0 Å². The van der Waals surface area contributed by atoms with Crippen LogP contribution in [-0.4, -0.2) is 51.0 Å². The molecule has 0 radical (unpaired) electrons. The second-order valence-corrected chi connectivity index (χ2v) is 16.5. The number of hydrogen-bond acceptors (Lipinski definition) is 9. The van der Waals surface area contributed by atoms with Crippen LogP contribution in [0.25, 0.3) is 11.1 Å². The monoisotopic (exact) mass is 874 g/mol. The molecule has 14 heteroatoms. The first-order valence-electron chi connectivity index (χ1n) is 20.4. The van der Waals surface area contributed by atoms with Crippen LogP contribution in [0.5, 0.6) is 11.5 Å². The lowest BCUT2D eigenvalue weighted by atomic mass is 9.97. The minimum atomic E-state index is -0.782. The van der Waals surface area contributed by atoms with E-state index in [4.69, 9.17) is 25.8 Å². The van der Waals surface area contributed by atoms with E-state index in [2.05, 4.69) is 10.3 Å². The average molecular weight is 875 g/mol. The summed E-state index contributed by atoms with van der Waals surface area (Å²) in [5, 5.41) is 3.52. The highest BCUT2D eigenvalue weighted by Gasteiger charge is 2.31. The number of ether oxygens (including phenoxy) is 3. The molecule has 1 aliphatic rings. The zero-order chi connectivity index (χ0) is 44.7. The Bertz CT molecular complexity index is 2610. The largest absolute Gasteiger partial charge is 0.453 e. The molecule has 6 aromatic rings. The number of nitrogens with zero attached hydrogens (tertiary/aromatic N) is 3. The predicted octanol–water partition coefficient (Wildman–Crippen LogP) is 10.4. The molecule has 0 spiro atoms. The fourth-order valence-corrected chi connectivity index (χ4v) is 7.35. The Balaban J connectivity index is 1.05. The summed E-state index contributed by atoms with van der Waals surface area (Å²) < 4.78 is 48.0. The number of carbonyl (C=O) groups excluding carboxylic acids is 3. The van der Waals surface area contributed by atoms with Crippen molar-refractivity contribution >= 4 is 35.3 Å². The number of rotatable bonds is 13. The van der Waals surface area contributed by atoms with Crippen molar-refractivity contribution in [3.05, 3.63) is 177 Å². The molecule has 4 aromatic carbocycles. The van der Waals surface area contributed by atoms with Crippen molar-refractivity contribution in [3.63, 3.8) is 0 Å². The molecule has 0 saturated carbocycles. The third kappa shape index (κ3) is 11.2. The van der Waals surface area contributed by atoms with Crippen molar-refractivity contribution < 1.29 is 37.4 Å². The lowest BCUT2D eigenvalue weighted by Gasteiger charge is -2.32. The van der Waals surface area contributed by atoms with Crippen LogP contribution in [-0.2, 0) is 27.4 Å². The number of aromatic nitrogens is 2. The van der Waals surface area contributed by atoms with Gasteiger partial charge < -0.3 is 29.0 Å². The van der Waals surface area contributed by atoms with E-state index in [1.54, 1.807) is 25.7 Å². The number of carbonyl (C=O) groups is 3. The van der Waals surface area contributed by atoms with Crippen LogP contribution in [0, 0.1) is 17.6 Å². The van der Waals surface area contributed by atoms with E-state index in [0.29, 0.717) is 37.3 Å². The molecular formula is C49H45ClF2N4O7. The van der Waals surface area contributed by atoms with E-state index < -0.39 is 46.4 Å². The van der Waals surface area contributed by atoms with Crippen molar-refractivity contribution in [2.24, 2.45) is 5.92 Å². The van der Waals surface area contributed by atoms with Crippen LogP contribution in [0.4, 0.5) is 19.4 Å². The molecule has 11 nitrogen and oxygen atoms in total. The summed E-state index contributed by atoms with van der Waals surface area (Å²) in [6.45, 7) is 5.63. The van der Waals surface area contributed by atoms with Crippen molar-refractivity contribution in [3.8, 4) is 22.6 Å². The first-order valence-corrected chi connectivity index (χ1v) is 20.7. The highest BCUT2D eigenvalue weighted by Crippen LogP contribution is 2.37. The van der Waals surface area contributed by atoms with Crippen LogP contribution < -0.4 is 15.5 Å². The molecule has 0 bridgehead atoms. The number of ketones is 1. The van der Waals surface area contributed by atoms with Crippen LogP contribution in [0.2, 0.25) is 5.02 Å². The number of pyridine rings is 2. The Kier molecular flexibility index (Phi) is 13.7. The Hall–Kier alpha value is -6.86.